The van der Waals surface area contributed by atoms with Gasteiger partial charge in [0, 0.05) is 29.2 Å². The molecule has 28 heavy (non-hydrogen) atoms. The molecule has 1 heterocycles. The Labute approximate surface area is 175 Å². The molecular weight excluding hydrogens is 440 g/mol. The Morgan fingerprint density at radius 1 is 1.04 bits per heavy atom. The van der Waals surface area contributed by atoms with Crippen LogP contribution in [0.25, 0.3) is 0 Å². The Kier molecular flexibility index (Phi) is 7.26. The van der Waals surface area contributed by atoms with Crippen LogP contribution in [0.3, 0.4) is 0 Å². The van der Waals surface area contributed by atoms with Crippen LogP contribution in [0, 0.1) is 5.92 Å². The topological polar surface area (TPSA) is 66.5 Å². The molecule has 0 bridgehead atoms. The number of rotatable bonds is 7. The van der Waals surface area contributed by atoms with Crippen molar-refractivity contribution in [2.75, 3.05) is 24.2 Å². The van der Waals surface area contributed by atoms with Gasteiger partial charge in [-0.05, 0) is 55.5 Å². The number of hydrogen-bond donors (Lipinski definition) is 1. The number of halogens is 1. The Morgan fingerprint density at radius 2 is 1.68 bits per heavy atom. The highest BCUT2D eigenvalue weighted by molar-refractivity contribution is 9.10. The zero-order valence-electron chi connectivity index (χ0n) is 15.7. The maximum absolute atomic E-state index is 12.6. The lowest BCUT2D eigenvalue weighted by atomic mass is 9.97. The second-order valence-corrected chi connectivity index (χ2v) is 10.1. The predicted molar refractivity (Wildman–Crippen MR) is 116 cm³/mol. The van der Waals surface area contributed by atoms with E-state index < -0.39 is 10.0 Å². The molecule has 2 aromatic rings. The Hall–Kier alpha value is -1.70. The average Bonchev–Trinajstić information content (AvgIpc) is 2.70. The van der Waals surface area contributed by atoms with Crippen molar-refractivity contribution in [1.29, 1.82) is 0 Å². The molecule has 1 aliphatic heterocycles. The second kappa shape index (κ2) is 9.67. The van der Waals surface area contributed by atoms with Gasteiger partial charge in [-0.25, -0.2) is 12.7 Å². The second-order valence-electron chi connectivity index (χ2n) is 7.07. The third-order valence-electron chi connectivity index (χ3n) is 5.04. The number of sulfonamides is 1. The Bertz CT molecular complexity index is 878. The lowest BCUT2D eigenvalue weighted by Crippen LogP contribution is -2.42. The third kappa shape index (κ3) is 5.90. The maximum Gasteiger partial charge on any atom is 0.227 e. The number of anilines is 1. The lowest BCUT2D eigenvalue weighted by molar-refractivity contribution is -0.120. The van der Waals surface area contributed by atoms with E-state index in [9.17, 15) is 13.2 Å². The van der Waals surface area contributed by atoms with Gasteiger partial charge in [0.25, 0.3) is 0 Å². The molecule has 0 spiro atoms. The number of piperidine rings is 1. The van der Waals surface area contributed by atoms with Gasteiger partial charge in [0.1, 0.15) is 0 Å². The van der Waals surface area contributed by atoms with Crippen molar-refractivity contribution in [3.05, 3.63) is 64.6 Å². The summed E-state index contributed by atoms with van der Waals surface area (Å²) < 4.78 is 27.7. The van der Waals surface area contributed by atoms with Crippen LogP contribution in [0.1, 0.15) is 24.8 Å². The number of hydrogen-bond acceptors (Lipinski definition) is 3. The first-order valence-corrected chi connectivity index (χ1v) is 11.9. The molecule has 7 heteroatoms. The summed E-state index contributed by atoms with van der Waals surface area (Å²) in [5.74, 6) is -0.0413. The molecule has 1 aliphatic rings. The molecular formula is C21H25BrN2O3S. The van der Waals surface area contributed by atoms with Crippen molar-refractivity contribution in [3.8, 4) is 0 Å². The Balaban J connectivity index is 1.45. The molecule has 1 saturated heterocycles. The summed E-state index contributed by atoms with van der Waals surface area (Å²) in [6.45, 7) is 0.818. The zero-order valence-corrected chi connectivity index (χ0v) is 18.1. The van der Waals surface area contributed by atoms with Crippen LogP contribution in [-0.2, 0) is 21.2 Å². The molecule has 0 atom stereocenters. The maximum atomic E-state index is 12.6. The van der Waals surface area contributed by atoms with Gasteiger partial charge in [0.15, 0.2) is 0 Å². The summed E-state index contributed by atoms with van der Waals surface area (Å²) in [5.41, 5.74) is 1.91. The van der Waals surface area contributed by atoms with Crippen LogP contribution in [0.5, 0.6) is 0 Å². The van der Waals surface area contributed by atoms with Gasteiger partial charge in [-0.3, -0.25) is 4.79 Å². The van der Waals surface area contributed by atoms with Gasteiger partial charge in [-0.1, -0.05) is 46.3 Å². The molecule has 5 nitrogen and oxygen atoms in total. The van der Waals surface area contributed by atoms with Crippen molar-refractivity contribution < 1.29 is 13.2 Å². The van der Waals surface area contributed by atoms with Crippen LogP contribution in [-0.4, -0.2) is 37.5 Å². The summed E-state index contributed by atoms with van der Waals surface area (Å²) >= 11 is 3.37. The number of amides is 1. The zero-order chi connectivity index (χ0) is 20.0. The van der Waals surface area contributed by atoms with E-state index in [2.05, 4.69) is 21.2 Å². The quantitative estimate of drug-likeness (QED) is 0.671. The van der Waals surface area contributed by atoms with Crippen molar-refractivity contribution in [2.45, 2.75) is 25.7 Å². The number of nitrogens with zero attached hydrogens (tertiary/aromatic N) is 1. The van der Waals surface area contributed by atoms with Crippen LogP contribution in [0.15, 0.2) is 59.1 Å². The Morgan fingerprint density at radius 3 is 2.32 bits per heavy atom. The standard InChI is InChI=1S/C21H25BrN2O3S/c22-19-8-10-20(11-9-19)23-21(25)18-12-14-24(15-13-18)28(26,27)16-4-7-17-5-2-1-3-6-17/h1-3,5-6,8-11,18H,4,7,12-16H2,(H,23,25). The molecule has 0 saturated carbocycles. The highest BCUT2D eigenvalue weighted by Crippen LogP contribution is 2.23. The van der Waals surface area contributed by atoms with Gasteiger partial charge >= 0.3 is 0 Å². The fourth-order valence-corrected chi connectivity index (χ4v) is 5.21. The monoisotopic (exact) mass is 464 g/mol. The van der Waals surface area contributed by atoms with Gasteiger partial charge in [0.2, 0.25) is 15.9 Å². The summed E-state index contributed by atoms with van der Waals surface area (Å²) in [6.07, 6.45) is 2.48. The van der Waals surface area contributed by atoms with Gasteiger partial charge in [-0.15, -0.1) is 0 Å². The van der Waals surface area contributed by atoms with E-state index in [0.29, 0.717) is 32.4 Å². The molecule has 150 valence electrons. The highest BCUT2D eigenvalue weighted by Gasteiger charge is 2.30. The van der Waals surface area contributed by atoms with Gasteiger partial charge in [-0.2, -0.15) is 0 Å². The van der Waals surface area contributed by atoms with E-state index in [0.717, 1.165) is 22.1 Å². The molecule has 0 aromatic heterocycles. The van der Waals surface area contributed by atoms with Crippen LogP contribution < -0.4 is 5.32 Å². The van der Waals surface area contributed by atoms with Crippen molar-refractivity contribution in [2.24, 2.45) is 5.92 Å². The van der Waals surface area contributed by atoms with Crippen LogP contribution in [0.4, 0.5) is 5.69 Å². The van der Waals surface area contributed by atoms with Crippen LogP contribution in [0.2, 0.25) is 0 Å². The number of carbonyl (C=O) groups excluding carboxylic acids is 1. The molecule has 1 amide bonds. The minimum absolute atomic E-state index is 0.0385. The number of carbonyl (C=O) groups is 1. The van der Waals surface area contributed by atoms with Gasteiger partial charge in [0.05, 0.1) is 5.75 Å². The fraction of sp³-hybridized carbons (Fsp3) is 0.381. The molecule has 0 radical (unpaired) electrons. The lowest BCUT2D eigenvalue weighted by Gasteiger charge is -2.30. The summed E-state index contributed by atoms with van der Waals surface area (Å²) in [7, 11) is -3.27. The van der Waals surface area contributed by atoms with E-state index in [-0.39, 0.29) is 17.6 Å². The molecule has 0 unspecified atom stereocenters. The third-order valence-corrected chi connectivity index (χ3v) is 7.53. The van der Waals surface area contributed by atoms with E-state index in [1.165, 1.54) is 0 Å². The first kappa shape index (κ1) is 21.0. The first-order chi connectivity index (χ1) is 13.4. The summed E-state index contributed by atoms with van der Waals surface area (Å²) in [6, 6.07) is 17.4. The average molecular weight is 465 g/mol. The minimum Gasteiger partial charge on any atom is -0.326 e. The summed E-state index contributed by atoms with van der Waals surface area (Å²) in [4.78, 5) is 12.4. The van der Waals surface area contributed by atoms with Crippen LogP contribution >= 0.6 is 15.9 Å². The minimum atomic E-state index is -3.27. The highest BCUT2D eigenvalue weighted by atomic mass is 79.9. The van der Waals surface area contributed by atoms with E-state index in [4.69, 9.17) is 0 Å². The van der Waals surface area contributed by atoms with Gasteiger partial charge < -0.3 is 5.32 Å². The predicted octanol–water partition coefficient (Wildman–Crippen LogP) is 4.06. The normalized spacial score (nSPS) is 16.0. The SMILES string of the molecule is O=C(Nc1ccc(Br)cc1)C1CCN(S(=O)(=O)CCCc2ccccc2)CC1. The van der Waals surface area contributed by atoms with Crippen molar-refractivity contribution >= 4 is 37.5 Å². The number of aryl methyl sites for hydroxylation is 1. The molecule has 1 N–H and O–H groups in total. The smallest absolute Gasteiger partial charge is 0.227 e. The molecule has 0 aliphatic carbocycles. The van der Waals surface area contributed by atoms with Crippen molar-refractivity contribution in [3.63, 3.8) is 0 Å². The molecule has 1 fully saturated rings. The number of benzene rings is 2. The first-order valence-electron chi connectivity index (χ1n) is 9.52. The summed E-state index contributed by atoms with van der Waals surface area (Å²) in [5, 5.41) is 2.92. The van der Waals surface area contributed by atoms with E-state index >= 15 is 0 Å². The molecule has 3 rings (SSSR count). The van der Waals surface area contributed by atoms with Crippen molar-refractivity contribution in [1.82, 2.24) is 4.31 Å². The largest absolute Gasteiger partial charge is 0.326 e. The molecule has 2 aromatic carbocycles. The fourth-order valence-electron chi connectivity index (χ4n) is 3.41. The van der Waals surface area contributed by atoms with E-state index in [1.807, 2.05) is 54.6 Å². The number of nitrogens with one attached hydrogen (secondary N) is 1. The van der Waals surface area contributed by atoms with E-state index in [1.54, 1.807) is 4.31 Å².